The number of nitrogens with zero attached hydrogens (tertiary/aromatic N) is 1. The fourth-order valence-electron chi connectivity index (χ4n) is 2.03. The monoisotopic (exact) mass is 349 g/mol. The molecule has 3 N–H and O–H groups in total. The molecule has 0 aliphatic rings. The van der Waals surface area contributed by atoms with Crippen molar-refractivity contribution in [2.24, 2.45) is 5.73 Å². The Balaban J connectivity index is 0. The van der Waals surface area contributed by atoms with Gasteiger partial charge in [0.1, 0.15) is 0 Å². The van der Waals surface area contributed by atoms with Gasteiger partial charge in [-0.3, -0.25) is 9.69 Å². The second-order valence-electron chi connectivity index (χ2n) is 5.24. The molecule has 0 bridgehead atoms. The molecule has 4 nitrogen and oxygen atoms in total. The van der Waals surface area contributed by atoms with Gasteiger partial charge in [0.15, 0.2) is 0 Å². The number of carbonyl (C=O) groups is 1. The summed E-state index contributed by atoms with van der Waals surface area (Å²) in [6, 6.07) is 8.32. The van der Waals surface area contributed by atoms with Gasteiger partial charge < -0.3 is 11.1 Å². The van der Waals surface area contributed by atoms with Crippen molar-refractivity contribution in [3.8, 4) is 0 Å². The molecule has 0 aliphatic heterocycles. The lowest BCUT2D eigenvalue weighted by Gasteiger charge is -2.18. The number of carbonyl (C=O) groups excluding carboxylic acids is 1. The Morgan fingerprint density at radius 1 is 1.14 bits per heavy atom. The predicted molar refractivity (Wildman–Crippen MR) is 97.7 cm³/mol. The van der Waals surface area contributed by atoms with E-state index in [-0.39, 0.29) is 36.8 Å². The van der Waals surface area contributed by atoms with Crippen molar-refractivity contribution < 1.29 is 4.79 Å². The first kappa shape index (κ1) is 23.5. The summed E-state index contributed by atoms with van der Waals surface area (Å²) in [5, 5.41) is 2.88. The molecular weight excluding hydrogens is 321 g/mol. The third kappa shape index (κ3) is 9.26. The summed E-state index contributed by atoms with van der Waals surface area (Å²) >= 11 is 0. The van der Waals surface area contributed by atoms with Crippen LogP contribution in [0, 0.1) is 0 Å². The molecule has 0 heterocycles. The molecule has 6 heteroatoms. The maximum absolute atomic E-state index is 11.5. The Morgan fingerprint density at radius 2 is 1.64 bits per heavy atom. The van der Waals surface area contributed by atoms with Gasteiger partial charge in [0.25, 0.3) is 0 Å². The molecule has 128 valence electrons. The van der Waals surface area contributed by atoms with Gasteiger partial charge in [-0.1, -0.05) is 38.1 Å². The average Bonchev–Trinajstić information content (AvgIpc) is 2.43. The Labute approximate surface area is 146 Å². The third-order valence-corrected chi connectivity index (χ3v) is 3.32. The second-order valence-corrected chi connectivity index (χ2v) is 5.24. The molecule has 0 spiro atoms. The van der Waals surface area contributed by atoms with Gasteiger partial charge in [-0.2, -0.15) is 0 Å². The number of hydrogen-bond donors (Lipinski definition) is 2. The van der Waals surface area contributed by atoms with Crippen molar-refractivity contribution in [2.75, 3.05) is 13.1 Å². The zero-order valence-electron chi connectivity index (χ0n) is 13.7. The lowest BCUT2D eigenvalue weighted by molar-refractivity contribution is -0.121. The SMILES string of the molecule is CCN(CC)Cc1ccc(CNC(=O)CC(C)N)cc1.Cl.Cl. The van der Waals surface area contributed by atoms with E-state index in [1.807, 2.05) is 6.92 Å². The number of amides is 1. The second kappa shape index (κ2) is 12.7. The van der Waals surface area contributed by atoms with Crippen LogP contribution in [0.2, 0.25) is 0 Å². The summed E-state index contributed by atoms with van der Waals surface area (Å²) in [5.74, 6) is 0.00668. The smallest absolute Gasteiger partial charge is 0.221 e. The van der Waals surface area contributed by atoms with Crippen molar-refractivity contribution in [3.63, 3.8) is 0 Å². The van der Waals surface area contributed by atoms with Crippen LogP contribution in [0.15, 0.2) is 24.3 Å². The summed E-state index contributed by atoms with van der Waals surface area (Å²) in [5.41, 5.74) is 8.01. The van der Waals surface area contributed by atoms with Crippen LogP contribution in [0.4, 0.5) is 0 Å². The van der Waals surface area contributed by atoms with Crippen molar-refractivity contribution in [3.05, 3.63) is 35.4 Å². The van der Waals surface area contributed by atoms with E-state index in [2.05, 4.69) is 48.3 Å². The minimum Gasteiger partial charge on any atom is -0.352 e. The zero-order chi connectivity index (χ0) is 15.0. The van der Waals surface area contributed by atoms with Crippen LogP contribution in [-0.2, 0) is 17.9 Å². The molecule has 1 atom stereocenters. The highest BCUT2D eigenvalue weighted by molar-refractivity contribution is 5.85. The van der Waals surface area contributed by atoms with Crippen molar-refractivity contribution in [1.82, 2.24) is 10.2 Å². The van der Waals surface area contributed by atoms with Crippen molar-refractivity contribution in [2.45, 2.75) is 46.3 Å². The standard InChI is InChI=1S/C16H27N3O.2ClH/c1-4-19(5-2)12-15-8-6-14(7-9-15)11-18-16(20)10-13(3)17;;/h6-9,13H,4-5,10-12,17H2,1-3H3,(H,18,20);2*1H. The van der Waals surface area contributed by atoms with E-state index < -0.39 is 0 Å². The highest BCUT2D eigenvalue weighted by atomic mass is 35.5. The normalized spacial score (nSPS) is 11.3. The summed E-state index contributed by atoms with van der Waals surface area (Å²) in [4.78, 5) is 13.9. The molecule has 1 unspecified atom stereocenters. The predicted octanol–water partition coefficient (Wildman–Crippen LogP) is 2.73. The van der Waals surface area contributed by atoms with Gasteiger partial charge >= 0.3 is 0 Å². The lowest BCUT2D eigenvalue weighted by Crippen LogP contribution is -2.29. The van der Waals surface area contributed by atoms with Crippen LogP contribution in [0.3, 0.4) is 0 Å². The number of nitrogens with two attached hydrogens (primary N) is 1. The van der Waals surface area contributed by atoms with Gasteiger partial charge in [-0.05, 0) is 31.1 Å². The largest absolute Gasteiger partial charge is 0.352 e. The van der Waals surface area contributed by atoms with E-state index in [1.54, 1.807) is 0 Å². The number of benzene rings is 1. The molecule has 1 rings (SSSR count). The molecular formula is C16H29Cl2N3O. The molecule has 0 saturated heterocycles. The molecule has 0 aliphatic carbocycles. The van der Waals surface area contributed by atoms with Crippen LogP contribution >= 0.6 is 24.8 Å². The molecule has 0 aromatic heterocycles. The Bertz CT molecular complexity index is 406. The number of halogens is 2. The molecule has 1 aromatic carbocycles. The number of hydrogen-bond acceptors (Lipinski definition) is 3. The summed E-state index contributed by atoms with van der Waals surface area (Å²) in [6.07, 6.45) is 0.375. The molecule has 0 radical (unpaired) electrons. The van der Waals surface area contributed by atoms with E-state index in [4.69, 9.17) is 5.73 Å². The Hall–Kier alpha value is -0.810. The average molecular weight is 350 g/mol. The van der Waals surface area contributed by atoms with E-state index in [9.17, 15) is 4.79 Å². The first-order valence-electron chi connectivity index (χ1n) is 7.37. The maximum atomic E-state index is 11.5. The van der Waals surface area contributed by atoms with E-state index in [1.165, 1.54) is 5.56 Å². The van der Waals surface area contributed by atoms with Crippen LogP contribution in [0.5, 0.6) is 0 Å². The fraction of sp³-hybridized carbons (Fsp3) is 0.562. The minimum absolute atomic E-state index is 0. The minimum atomic E-state index is -0.0913. The quantitative estimate of drug-likeness (QED) is 0.758. The zero-order valence-corrected chi connectivity index (χ0v) is 15.3. The van der Waals surface area contributed by atoms with E-state index >= 15 is 0 Å². The highest BCUT2D eigenvalue weighted by Gasteiger charge is 2.05. The summed E-state index contributed by atoms with van der Waals surface area (Å²) < 4.78 is 0. The van der Waals surface area contributed by atoms with Crippen molar-refractivity contribution >= 4 is 30.7 Å². The van der Waals surface area contributed by atoms with Gasteiger partial charge in [0, 0.05) is 25.6 Å². The van der Waals surface area contributed by atoms with Gasteiger partial charge in [-0.15, -0.1) is 24.8 Å². The fourth-order valence-corrected chi connectivity index (χ4v) is 2.03. The van der Waals surface area contributed by atoms with Gasteiger partial charge in [0.2, 0.25) is 5.91 Å². The van der Waals surface area contributed by atoms with Crippen molar-refractivity contribution in [1.29, 1.82) is 0 Å². The van der Waals surface area contributed by atoms with E-state index in [0.29, 0.717) is 13.0 Å². The molecule has 0 fully saturated rings. The van der Waals surface area contributed by atoms with Gasteiger partial charge in [-0.25, -0.2) is 0 Å². The summed E-state index contributed by atoms with van der Waals surface area (Å²) in [6.45, 7) is 9.85. The molecule has 1 aromatic rings. The lowest BCUT2D eigenvalue weighted by atomic mass is 10.1. The number of rotatable bonds is 8. The molecule has 22 heavy (non-hydrogen) atoms. The third-order valence-electron chi connectivity index (χ3n) is 3.32. The first-order chi connectivity index (χ1) is 9.55. The Morgan fingerprint density at radius 3 is 2.09 bits per heavy atom. The number of nitrogens with one attached hydrogen (secondary N) is 1. The highest BCUT2D eigenvalue weighted by Crippen LogP contribution is 2.07. The van der Waals surface area contributed by atoms with Crippen LogP contribution in [0.1, 0.15) is 38.3 Å². The maximum Gasteiger partial charge on any atom is 0.221 e. The van der Waals surface area contributed by atoms with E-state index in [0.717, 1.165) is 25.2 Å². The topological polar surface area (TPSA) is 58.4 Å². The molecule has 0 saturated carbocycles. The van der Waals surface area contributed by atoms with Crippen LogP contribution in [-0.4, -0.2) is 29.9 Å². The van der Waals surface area contributed by atoms with Crippen LogP contribution in [0.25, 0.3) is 0 Å². The molecule has 1 amide bonds. The first-order valence-corrected chi connectivity index (χ1v) is 7.37. The Kier molecular flexibility index (Phi) is 13.5. The van der Waals surface area contributed by atoms with Crippen LogP contribution < -0.4 is 11.1 Å². The van der Waals surface area contributed by atoms with Gasteiger partial charge in [0.05, 0.1) is 0 Å². The summed E-state index contributed by atoms with van der Waals surface area (Å²) in [7, 11) is 0.